The fraction of sp³-hybridized carbons (Fsp3) is 0.778. The van der Waals surface area contributed by atoms with E-state index in [4.69, 9.17) is 4.74 Å². The third kappa shape index (κ3) is 1.24. The van der Waals surface area contributed by atoms with Crippen molar-refractivity contribution in [3.05, 3.63) is 11.6 Å². The summed E-state index contributed by atoms with van der Waals surface area (Å²) in [7, 11) is 0. The van der Waals surface area contributed by atoms with Gasteiger partial charge in [-0.3, -0.25) is 0 Å². The summed E-state index contributed by atoms with van der Waals surface area (Å²) < 4.78 is 5.44. The van der Waals surface area contributed by atoms with E-state index in [0.29, 0.717) is 12.2 Å². The van der Waals surface area contributed by atoms with E-state index in [0.717, 1.165) is 6.42 Å². The molecule has 2 atom stereocenters. The molecule has 10 heavy (non-hydrogen) atoms. The van der Waals surface area contributed by atoms with Crippen LogP contribution in [0.1, 0.15) is 32.6 Å². The predicted molar refractivity (Wildman–Crippen MR) is 40.9 cm³/mol. The minimum absolute atomic E-state index is 0.593. The summed E-state index contributed by atoms with van der Waals surface area (Å²) >= 11 is 0. The highest BCUT2D eigenvalue weighted by Crippen LogP contribution is 2.33. The predicted octanol–water partition coefficient (Wildman–Crippen LogP) is 2.27. The average molecular weight is 138 g/mol. The molecule has 1 heterocycles. The fourth-order valence-corrected chi connectivity index (χ4v) is 1.64. The molecule has 1 heteroatoms. The van der Waals surface area contributed by atoms with Crippen molar-refractivity contribution in [2.75, 3.05) is 0 Å². The van der Waals surface area contributed by atoms with Crippen molar-refractivity contribution in [1.29, 1.82) is 0 Å². The minimum Gasteiger partial charge on any atom is -0.369 e. The number of hydrogen-bond acceptors (Lipinski definition) is 1. The molecule has 1 aliphatic carbocycles. The smallest absolute Gasteiger partial charge is 0.0876 e. The van der Waals surface area contributed by atoms with E-state index in [1.807, 2.05) is 0 Å². The summed E-state index contributed by atoms with van der Waals surface area (Å²) in [5.41, 5.74) is 1.55. The van der Waals surface area contributed by atoms with Crippen molar-refractivity contribution in [3.8, 4) is 0 Å². The van der Waals surface area contributed by atoms with Gasteiger partial charge in [-0.05, 0) is 32.6 Å². The van der Waals surface area contributed by atoms with E-state index >= 15 is 0 Å². The zero-order valence-electron chi connectivity index (χ0n) is 6.47. The molecule has 0 aromatic rings. The SMILES string of the molecule is CC1=CCC2OC2CCC1. The molecule has 0 N–H and O–H groups in total. The van der Waals surface area contributed by atoms with Crippen LogP contribution in [0, 0.1) is 0 Å². The van der Waals surface area contributed by atoms with Crippen LogP contribution in [0.3, 0.4) is 0 Å². The Kier molecular flexibility index (Phi) is 1.53. The second kappa shape index (κ2) is 2.39. The largest absolute Gasteiger partial charge is 0.369 e. The monoisotopic (exact) mass is 138 g/mol. The van der Waals surface area contributed by atoms with Crippen LogP contribution in [0.15, 0.2) is 11.6 Å². The molecule has 2 aliphatic rings. The van der Waals surface area contributed by atoms with Crippen LogP contribution < -0.4 is 0 Å². The van der Waals surface area contributed by atoms with Gasteiger partial charge >= 0.3 is 0 Å². The Morgan fingerprint density at radius 1 is 1.50 bits per heavy atom. The lowest BCUT2D eigenvalue weighted by Gasteiger charge is -2.02. The van der Waals surface area contributed by atoms with Gasteiger partial charge in [0.05, 0.1) is 12.2 Å². The van der Waals surface area contributed by atoms with Crippen molar-refractivity contribution in [3.63, 3.8) is 0 Å². The summed E-state index contributed by atoms with van der Waals surface area (Å²) in [5, 5.41) is 0. The van der Waals surface area contributed by atoms with Crippen LogP contribution in [-0.2, 0) is 4.74 Å². The fourth-order valence-electron chi connectivity index (χ4n) is 1.64. The summed E-state index contributed by atoms with van der Waals surface area (Å²) in [6.07, 6.45) is 8.62. The normalized spacial score (nSPS) is 39.1. The van der Waals surface area contributed by atoms with Crippen molar-refractivity contribution in [1.82, 2.24) is 0 Å². The quantitative estimate of drug-likeness (QED) is 0.369. The van der Waals surface area contributed by atoms with E-state index in [1.165, 1.54) is 19.3 Å². The molecule has 0 spiro atoms. The molecular formula is C9H14O. The molecule has 0 saturated carbocycles. The molecule has 1 nitrogen and oxygen atoms in total. The highest BCUT2D eigenvalue weighted by molar-refractivity contribution is 5.04. The Morgan fingerprint density at radius 3 is 3.30 bits per heavy atom. The number of epoxide rings is 1. The molecule has 0 bridgehead atoms. The van der Waals surface area contributed by atoms with Gasteiger partial charge in [0.25, 0.3) is 0 Å². The first-order chi connectivity index (χ1) is 4.86. The van der Waals surface area contributed by atoms with E-state index < -0.39 is 0 Å². The molecule has 56 valence electrons. The molecule has 1 aliphatic heterocycles. The molecule has 0 aromatic heterocycles. The summed E-state index contributed by atoms with van der Waals surface area (Å²) in [4.78, 5) is 0. The minimum atomic E-state index is 0.593. The first-order valence-corrected chi connectivity index (χ1v) is 4.17. The Balaban J connectivity index is 1.97. The van der Waals surface area contributed by atoms with E-state index in [1.54, 1.807) is 5.57 Å². The highest BCUT2D eigenvalue weighted by Gasteiger charge is 2.37. The first-order valence-electron chi connectivity index (χ1n) is 4.17. The Morgan fingerprint density at radius 2 is 2.40 bits per heavy atom. The number of rotatable bonds is 0. The van der Waals surface area contributed by atoms with Crippen LogP contribution in [0.25, 0.3) is 0 Å². The first kappa shape index (κ1) is 6.41. The lowest BCUT2D eigenvalue weighted by atomic mass is 10.0. The Bertz CT molecular complexity index is 160. The van der Waals surface area contributed by atoms with Crippen molar-refractivity contribution in [2.45, 2.75) is 44.8 Å². The van der Waals surface area contributed by atoms with E-state index in [9.17, 15) is 0 Å². The average Bonchev–Trinajstić information content (AvgIpc) is 2.59. The molecule has 0 radical (unpaired) electrons. The van der Waals surface area contributed by atoms with E-state index in [-0.39, 0.29) is 0 Å². The van der Waals surface area contributed by atoms with Crippen LogP contribution in [-0.4, -0.2) is 12.2 Å². The highest BCUT2D eigenvalue weighted by atomic mass is 16.6. The van der Waals surface area contributed by atoms with Gasteiger partial charge in [-0.25, -0.2) is 0 Å². The van der Waals surface area contributed by atoms with Gasteiger partial charge < -0.3 is 4.74 Å². The van der Waals surface area contributed by atoms with Crippen LogP contribution in [0.5, 0.6) is 0 Å². The maximum absolute atomic E-state index is 5.44. The summed E-state index contributed by atoms with van der Waals surface area (Å²) in [6.45, 7) is 2.22. The van der Waals surface area contributed by atoms with Crippen LogP contribution in [0.2, 0.25) is 0 Å². The Labute approximate surface area is 62.1 Å². The molecule has 2 rings (SSSR count). The van der Waals surface area contributed by atoms with Crippen LogP contribution in [0.4, 0.5) is 0 Å². The molecular weight excluding hydrogens is 124 g/mol. The third-order valence-electron chi connectivity index (χ3n) is 2.45. The molecule has 0 aromatic carbocycles. The van der Waals surface area contributed by atoms with Gasteiger partial charge in [0.1, 0.15) is 0 Å². The molecule has 1 saturated heterocycles. The zero-order chi connectivity index (χ0) is 6.97. The number of hydrogen-bond donors (Lipinski definition) is 0. The van der Waals surface area contributed by atoms with Crippen molar-refractivity contribution < 1.29 is 4.74 Å². The topological polar surface area (TPSA) is 12.5 Å². The van der Waals surface area contributed by atoms with Gasteiger partial charge in [-0.2, -0.15) is 0 Å². The number of allylic oxidation sites excluding steroid dienone is 1. The summed E-state index contributed by atoms with van der Waals surface area (Å²) in [5.74, 6) is 0. The molecule has 1 fully saturated rings. The number of fused-ring (bicyclic) bond motifs is 1. The maximum atomic E-state index is 5.44. The number of ether oxygens (including phenoxy) is 1. The summed E-state index contributed by atoms with van der Waals surface area (Å²) in [6, 6.07) is 0. The maximum Gasteiger partial charge on any atom is 0.0876 e. The lowest BCUT2D eigenvalue weighted by Crippen LogP contribution is -1.96. The second-order valence-corrected chi connectivity index (χ2v) is 3.39. The van der Waals surface area contributed by atoms with Crippen molar-refractivity contribution >= 4 is 0 Å². The molecule has 2 unspecified atom stereocenters. The van der Waals surface area contributed by atoms with Gasteiger partial charge in [0.2, 0.25) is 0 Å². The van der Waals surface area contributed by atoms with Crippen LogP contribution >= 0.6 is 0 Å². The third-order valence-corrected chi connectivity index (χ3v) is 2.45. The van der Waals surface area contributed by atoms with E-state index in [2.05, 4.69) is 13.0 Å². The van der Waals surface area contributed by atoms with Gasteiger partial charge in [0.15, 0.2) is 0 Å². The Hall–Kier alpha value is -0.300. The standard InChI is InChI=1S/C9H14O/c1-7-3-2-4-8-9(10-8)6-5-7/h5,8-9H,2-4,6H2,1H3. The lowest BCUT2D eigenvalue weighted by molar-refractivity contribution is 0.362. The molecule has 0 amide bonds. The van der Waals surface area contributed by atoms with Crippen molar-refractivity contribution in [2.24, 2.45) is 0 Å². The van der Waals surface area contributed by atoms with Gasteiger partial charge in [-0.15, -0.1) is 0 Å². The van der Waals surface area contributed by atoms with Gasteiger partial charge in [0, 0.05) is 0 Å². The zero-order valence-corrected chi connectivity index (χ0v) is 6.47. The second-order valence-electron chi connectivity index (χ2n) is 3.39. The van der Waals surface area contributed by atoms with Gasteiger partial charge in [-0.1, -0.05) is 11.6 Å².